The van der Waals surface area contributed by atoms with Crippen LogP contribution in [0.15, 0.2) is 18.2 Å². The first-order valence-corrected chi connectivity index (χ1v) is 6.63. The molecule has 1 aromatic rings. The number of nitrogens with one attached hydrogen (secondary N) is 1. The molecule has 1 aromatic carbocycles. The molecule has 0 heterocycles. The number of ether oxygens (including phenoxy) is 1. The number of hydrogen-bond donors (Lipinski definition) is 2. The molecule has 0 bridgehead atoms. The van der Waals surface area contributed by atoms with Crippen LogP contribution in [0, 0.1) is 16.0 Å². The fourth-order valence-corrected chi connectivity index (χ4v) is 2.07. The van der Waals surface area contributed by atoms with E-state index in [2.05, 4.69) is 5.32 Å². The molecule has 116 valence electrons. The summed E-state index contributed by atoms with van der Waals surface area (Å²) in [4.78, 5) is 22.6. The zero-order valence-electron chi connectivity index (χ0n) is 12.3. The maximum atomic E-state index is 12.2. The van der Waals surface area contributed by atoms with E-state index in [1.807, 2.05) is 13.8 Å². The Balaban J connectivity index is 3.01. The number of methoxy groups -OCH3 is 1. The molecule has 21 heavy (non-hydrogen) atoms. The van der Waals surface area contributed by atoms with E-state index >= 15 is 0 Å². The lowest BCUT2D eigenvalue weighted by Gasteiger charge is -2.19. The van der Waals surface area contributed by atoms with Gasteiger partial charge >= 0.3 is 5.69 Å². The summed E-state index contributed by atoms with van der Waals surface area (Å²) < 4.78 is 4.99. The van der Waals surface area contributed by atoms with Crippen molar-refractivity contribution in [2.24, 2.45) is 5.92 Å². The quantitative estimate of drug-likeness (QED) is 0.589. The van der Waals surface area contributed by atoms with Gasteiger partial charge in [0.1, 0.15) is 0 Å². The van der Waals surface area contributed by atoms with Crippen LogP contribution in [0.4, 0.5) is 5.69 Å². The van der Waals surface area contributed by atoms with Crippen molar-refractivity contribution < 1.29 is 19.6 Å². The van der Waals surface area contributed by atoms with Gasteiger partial charge in [-0.15, -0.1) is 0 Å². The Morgan fingerprint density at radius 2 is 2.14 bits per heavy atom. The van der Waals surface area contributed by atoms with Gasteiger partial charge in [0, 0.05) is 6.07 Å². The molecule has 0 fully saturated rings. The summed E-state index contributed by atoms with van der Waals surface area (Å²) >= 11 is 0. The van der Waals surface area contributed by atoms with Gasteiger partial charge < -0.3 is 15.2 Å². The average molecular weight is 296 g/mol. The Morgan fingerprint density at radius 3 is 2.62 bits per heavy atom. The lowest BCUT2D eigenvalue weighted by atomic mass is 10.0. The largest absolute Gasteiger partial charge is 0.490 e. The molecule has 0 aliphatic heterocycles. The van der Waals surface area contributed by atoms with E-state index in [-0.39, 0.29) is 23.6 Å². The number of carbonyl (C=O) groups is 1. The maximum absolute atomic E-state index is 12.2. The third-order valence-corrected chi connectivity index (χ3v) is 2.95. The Bertz CT molecular complexity index is 516. The first-order valence-electron chi connectivity index (χ1n) is 6.63. The lowest BCUT2D eigenvalue weighted by molar-refractivity contribution is -0.385. The Kier molecular flexibility index (Phi) is 6.10. The fourth-order valence-electron chi connectivity index (χ4n) is 2.07. The van der Waals surface area contributed by atoms with Crippen molar-refractivity contribution in [3.05, 3.63) is 33.9 Å². The van der Waals surface area contributed by atoms with Crippen LogP contribution in [0.1, 0.15) is 30.6 Å². The molecule has 0 spiro atoms. The Labute approximate surface area is 123 Å². The second-order valence-corrected chi connectivity index (χ2v) is 5.10. The van der Waals surface area contributed by atoms with Gasteiger partial charge in [0.15, 0.2) is 0 Å². The minimum Gasteiger partial charge on any atom is -0.490 e. The number of nitro benzene ring substituents is 1. The summed E-state index contributed by atoms with van der Waals surface area (Å²) in [6, 6.07) is 3.74. The zero-order valence-corrected chi connectivity index (χ0v) is 12.3. The summed E-state index contributed by atoms with van der Waals surface area (Å²) in [6.07, 6.45) is 0.611. The normalized spacial score (nSPS) is 12.0. The topological polar surface area (TPSA) is 102 Å². The first-order chi connectivity index (χ1) is 9.90. The van der Waals surface area contributed by atoms with Crippen molar-refractivity contribution in [3.8, 4) is 5.75 Å². The second-order valence-electron chi connectivity index (χ2n) is 5.10. The van der Waals surface area contributed by atoms with Crippen LogP contribution < -0.4 is 10.1 Å². The minimum atomic E-state index is -0.604. The third-order valence-electron chi connectivity index (χ3n) is 2.95. The number of amides is 1. The molecule has 1 rings (SSSR count). The molecule has 7 heteroatoms. The number of para-hydroxylation sites is 1. The van der Waals surface area contributed by atoms with E-state index in [0.29, 0.717) is 12.3 Å². The molecular formula is C14H20N2O5. The van der Waals surface area contributed by atoms with Crippen molar-refractivity contribution in [3.63, 3.8) is 0 Å². The van der Waals surface area contributed by atoms with Gasteiger partial charge in [0.05, 0.1) is 30.2 Å². The predicted molar refractivity (Wildman–Crippen MR) is 77.4 cm³/mol. The van der Waals surface area contributed by atoms with Crippen molar-refractivity contribution >= 4 is 11.6 Å². The van der Waals surface area contributed by atoms with Gasteiger partial charge in [-0.25, -0.2) is 0 Å². The molecule has 0 aliphatic carbocycles. The number of aliphatic hydroxyl groups is 1. The fraction of sp³-hybridized carbons (Fsp3) is 0.500. The number of hydrogen-bond acceptors (Lipinski definition) is 5. The van der Waals surface area contributed by atoms with Crippen molar-refractivity contribution in [1.29, 1.82) is 0 Å². The van der Waals surface area contributed by atoms with Crippen LogP contribution in [0.3, 0.4) is 0 Å². The molecule has 1 amide bonds. The van der Waals surface area contributed by atoms with Crippen molar-refractivity contribution in [1.82, 2.24) is 5.32 Å². The summed E-state index contributed by atoms with van der Waals surface area (Å²) in [6.45, 7) is 3.76. The van der Waals surface area contributed by atoms with Gasteiger partial charge in [0.2, 0.25) is 5.75 Å². The number of benzene rings is 1. The van der Waals surface area contributed by atoms with Crippen LogP contribution in [0.2, 0.25) is 0 Å². The van der Waals surface area contributed by atoms with Crippen LogP contribution in [-0.2, 0) is 0 Å². The Morgan fingerprint density at radius 1 is 1.48 bits per heavy atom. The number of nitrogens with zero attached hydrogens (tertiary/aromatic N) is 1. The molecule has 0 aromatic heterocycles. The maximum Gasteiger partial charge on any atom is 0.311 e. The molecule has 1 unspecified atom stereocenters. The lowest BCUT2D eigenvalue weighted by Crippen LogP contribution is -2.38. The van der Waals surface area contributed by atoms with E-state index in [0.717, 1.165) is 0 Å². The summed E-state index contributed by atoms with van der Waals surface area (Å²) in [5.41, 5.74) is -0.191. The zero-order chi connectivity index (χ0) is 16.0. The monoisotopic (exact) mass is 296 g/mol. The highest BCUT2D eigenvalue weighted by atomic mass is 16.6. The standard InChI is InChI=1S/C14H20N2O5/c1-9(2)7-10(8-17)15-14(18)11-5-4-6-12(16(19)20)13(11)21-3/h4-6,9-10,17H,7-8H2,1-3H3,(H,15,18). The molecule has 0 aliphatic rings. The van der Waals surface area contributed by atoms with Gasteiger partial charge in [-0.05, 0) is 18.4 Å². The van der Waals surface area contributed by atoms with Crippen molar-refractivity contribution in [2.45, 2.75) is 26.3 Å². The Hall–Kier alpha value is -2.15. The number of carbonyl (C=O) groups excluding carboxylic acids is 1. The highest BCUT2D eigenvalue weighted by molar-refractivity contribution is 5.98. The van der Waals surface area contributed by atoms with Crippen LogP contribution in [-0.4, -0.2) is 35.7 Å². The minimum absolute atomic E-state index is 0.0777. The second kappa shape index (κ2) is 7.58. The van der Waals surface area contributed by atoms with E-state index in [1.54, 1.807) is 0 Å². The molecule has 7 nitrogen and oxygen atoms in total. The molecule has 1 atom stereocenters. The summed E-state index contributed by atoms with van der Waals surface area (Å²) in [5.74, 6) is -0.286. The van der Waals surface area contributed by atoms with Gasteiger partial charge in [-0.3, -0.25) is 14.9 Å². The van der Waals surface area contributed by atoms with E-state index in [9.17, 15) is 20.0 Å². The molecule has 0 saturated heterocycles. The van der Waals surface area contributed by atoms with Crippen LogP contribution in [0.25, 0.3) is 0 Å². The van der Waals surface area contributed by atoms with Crippen LogP contribution >= 0.6 is 0 Å². The molecule has 2 N–H and O–H groups in total. The van der Waals surface area contributed by atoms with Gasteiger partial charge in [-0.1, -0.05) is 19.9 Å². The predicted octanol–water partition coefficient (Wildman–Crippen LogP) is 1.74. The van der Waals surface area contributed by atoms with E-state index in [4.69, 9.17) is 4.74 Å². The number of aliphatic hydroxyl groups excluding tert-OH is 1. The average Bonchev–Trinajstić information content (AvgIpc) is 2.44. The molecular weight excluding hydrogens is 276 g/mol. The van der Waals surface area contributed by atoms with Crippen molar-refractivity contribution in [2.75, 3.05) is 13.7 Å². The SMILES string of the molecule is COc1c(C(=O)NC(CO)CC(C)C)cccc1[N+](=O)[O-]. The van der Waals surface area contributed by atoms with E-state index in [1.165, 1.54) is 25.3 Å². The van der Waals surface area contributed by atoms with Crippen LogP contribution in [0.5, 0.6) is 5.75 Å². The number of rotatable bonds is 7. The number of nitro groups is 1. The third kappa shape index (κ3) is 4.42. The van der Waals surface area contributed by atoms with Gasteiger partial charge in [-0.2, -0.15) is 0 Å². The summed E-state index contributed by atoms with van der Waals surface area (Å²) in [5, 5.41) is 22.9. The van der Waals surface area contributed by atoms with E-state index < -0.39 is 16.9 Å². The molecule has 0 radical (unpaired) electrons. The highest BCUT2D eigenvalue weighted by Crippen LogP contribution is 2.30. The molecule has 0 saturated carbocycles. The smallest absolute Gasteiger partial charge is 0.311 e. The highest BCUT2D eigenvalue weighted by Gasteiger charge is 2.24. The first kappa shape index (κ1) is 16.9. The van der Waals surface area contributed by atoms with Gasteiger partial charge in [0.25, 0.3) is 5.91 Å². The summed E-state index contributed by atoms with van der Waals surface area (Å²) in [7, 11) is 1.27.